The minimum absolute atomic E-state index is 0.105. The first kappa shape index (κ1) is 10.6. The Bertz CT molecular complexity index is 112. The SMILES string of the molecule is CC(=O)CCC(O)CCCO. The molecule has 3 heteroatoms. The van der Waals surface area contributed by atoms with Gasteiger partial charge in [-0.25, -0.2) is 0 Å². The summed E-state index contributed by atoms with van der Waals surface area (Å²) in [6.45, 7) is 1.62. The second-order valence-corrected chi connectivity index (χ2v) is 2.76. The summed E-state index contributed by atoms with van der Waals surface area (Å²) < 4.78 is 0. The van der Waals surface area contributed by atoms with Gasteiger partial charge in [-0.15, -0.1) is 0 Å². The van der Waals surface area contributed by atoms with Gasteiger partial charge in [-0.3, -0.25) is 0 Å². The van der Waals surface area contributed by atoms with Crippen LogP contribution in [0, 0.1) is 0 Å². The molecule has 0 saturated carbocycles. The smallest absolute Gasteiger partial charge is 0.129 e. The number of hydrogen-bond acceptors (Lipinski definition) is 3. The Morgan fingerprint density at radius 2 is 2.09 bits per heavy atom. The highest BCUT2D eigenvalue weighted by molar-refractivity contribution is 5.75. The van der Waals surface area contributed by atoms with Crippen molar-refractivity contribution in [2.24, 2.45) is 0 Å². The molecule has 0 spiro atoms. The molecule has 0 amide bonds. The number of hydrogen-bond donors (Lipinski definition) is 2. The lowest BCUT2D eigenvalue weighted by molar-refractivity contribution is -0.117. The number of carbonyl (C=O) groups excluding carboxylic acids is 1. The molecular weight excluding hydrogens is 144 g/mol. The van der Waals surface area contributed by atoms with Gasteiger partial charge in [0.15, 0.2) is 0 Å². The Kier molecular flexibility index (Phi) is 6.07. The molecule has 0 fully saturated rings. The van der Waals surface area contributed by atoms with Gasteiger partial charge in [0.2, 0.25) is 0 Å². The van der Waals surface area contributed by atoms with Gasteiger partial charge in [-0.05, 0) is 26.2 Å². The summed E-state index contributed by atoms with van der Waals surface area (Å²) in [4.78, 5) is 10.5. The number of ketones is 1. The summed E-state index contributed by atoms with van der Waals surface area (Å²) in [5.74, 6) is 0.105. The third-order valence-corrected chi connectivity index (χ3v) is 1.53. The summed E-state index contributed by atoms with van der Waals surface area (Å²) in [6, 6.07) is 0. The fourth-order valence-corrected chi connectivity index (χ4v) is 0.841. The van der Waals surface area contributed by atoms with Crippen LogP contribution in [0.15, 0.2) is 0 Å². The number of aliphatic hydroxyl groups excluding tert-OH is 2. The van der Waals surface area contributed by atoms with Crippen LogP contribution >= 0.6 is 0 Å². The standard InChI is InChI=1S/C8H16O3/c1-7(10)4-5-8(11)3-2-6-9/h8-9,11H,2-6H2,1H3. The second-order valence-electron chi connectivity index (χ2n) is 2.76. The van der Waals surface area contributed by atoms with Crippen LogP contribution < -0.4 is 0 Å². The number of aliphatic hydroxyl groups is 2. The van der Waals surface area contributed by atoms with Crippen molar-refractivity contribution in [1.82, 2.24) is 0 Å². The monoisotopic (exact) mass is 160 g/mol. The van der Waals surface area contributed by atoms with Crippen LogP contribution in [0.2, 0.25) is 0 Å². The van der Waals surface area contributed by atoms with Crippen molar-refractivity contribution in [1.29, 1.82) is 0 Å². The summed E-state index contributed by atoms with van der Waals surface area (Å²) in [5, 5.41) is 17.6. The molecule has 0 rings (SSSR count). The van der Waals surface area contributed by atoms with Crippen LogP contribution in [-0.4, -0.2) is 28.7 Å². The predicted molar refractivity (Wildman–Crippen MR) is 42.2 cm³/mol. The average molecular weight is 160 g/mol. The zero-order valence-electron chi connectivity index (χ0n) is 6.92. The molecule has 3 nitrogen and oxygen atoms in total. The Morgan fingerprint density at radius 3 is 2.55 bits per heavy atom. The molecule has 1 atom stereocenters. The van der Waals surface area contributed by atoms with E-state index >= 15 is 0 Å². The van der Waals surface area contributed by atoms with E-state index in [1.807, 2.05) is 0 Å². The molecule has 0 aliphatic rings. The molecule has 0 aromatic rings. The normalized spacial score (nSPS) is 13.0. The number of carbonyl (C=O) groups is 1. The van der Waals surface area contributed by atoms with Crippen molar-refractivity contribution in [3.8, 4) is 0 Å². The van der Waals surface area contributed by atoms with E-state index in [-0.39, 0.29) is 12.4 Å². The van der Waals surface area contributed by atoms with Crippen LogP contribution in [0.5, 0.6) is 0 Å². The molecule has 0 aliphatic carbocycles. The highest BCUT2D eigenvalue weighted by atomic mass is 16.3. The van der Waals surface area contributed by atoms with E-state index in [2.05, 4.69) is 0 Å². The van der Waals surface area contributed by atoms with Gasteiger partial charge in [0.05, 0.1) is 6.10 Å². The van der Waals surface area contributed by atoms with E-state index in [9.17, 15) is 4.79 Å². The van der Waals surface area contributed by atoms with Gasteiger partial charge in [0.1, 0.15) is 5.78 Å². The first-order chi connectivity index (χ1) is 5.16. The van der Waals surface area contributed by atoms with Crippen LogP contribution in [0.1, 0.15) is 32.6 Å². The highest BCUT2D eigenvalue weighted by Crippen LogP contribution is 2.04. The molecule has 0 radical (unpaired) electrons. The average Bonchev–Trinajstić information content (AvgIpc) is 1.97. The second kappa shape index (κ2) is 6.31. The van der Waals surface area contributed by atoms with E-state index in [0.717, 1.165) is 0 Å². The fraction of sp³-hybridized carbons (Fsp3) is 0.875. The first-order valence-corrected chi connectivity index (χ1v) is 3.95. The van der Waals surface area contributed by atoms with E-state index in [4.69, 9.17) is 10.2 Å². The zero-order valence-corrected chi connectivity index (χ0v) is 6.92. The van der Waals surface area contributed by atoms with E-state index < -0.39 is 6.10 Å². The quantitative estimate of drug-likeness (QED) is 0.594. The fourth-order valence-electron chi connectivity index (χ4n) is 0.841. The summed E-state index contributed by atoms with van der Waals surface area (Å²) in [7, 11) is 0. The van der Waals surface area contributed by atoms with Crippen molar-refractivity contribution >= 4 is 5.78 Å². The van der Waals surface area contributed by atoms with Crippen LogP contribution in [0.4, 0.5) is 0 Å². The lowest BCUT2D eigenvalue weighted by atomic mass is 10.1. The Labute approximate surface area is 67.0 Å². The Morgan fingerprint density at radius 1 is 1.45 bits per heavy atom. The maximum atomic E-state index is 10.5. The highest BCUT2D eigenvalue weighted by Gasteiger charge is 2.04. The van der Waals surface area contributed by atoms with Crippen molar-refractivity contribution in [2.75, 3.05) is 6.61 Å². The largest absolute Gasteiger partial charge is 0.396 e. The topological polar surface area (TPSA) is 57.5 Å². The summed E-state index contributed by atoms with van der Waals surface area (Å²) in [6.07, 6.45) is 1.73. The van der Waals surface area contributed by atoms with Gasteiger partial charge in [-0.2, -0.15) is 0 Å². The molecule has 0 bridgehead atoms. The molecule has 0 aromatic carbocycles. The van der Waals surface area contributed by atoms with Gasteiger partial charge >= 0.3 is 0 Å². The van der Waals surface area contributed by atoms with Crippen LogP contribution in [0.3, 0.4) is 0 Å². The maximum Gasteiger partial charge on any atom is 0.129 e. The van der Waals surface area contributed by atoms with Gasteiger partial charge in [0, 0.05) is 13.0 Å². The van der Waals surface area contributed by atoms with Crippen LogP contribution in [-0.2, 0) is 4.79 Å². The van der Waals surface area contributed by atoms with E-state index in [1.165, 1.54) is 6.92 Å². The lowest BCUT2D eigenvalue weighted by Crippen LogP contribution is -2.08. The van der Waals surface area contributed by atoms with Gasteiger partial charge < -0.3 is 15.0 Å². The van der Waals surface area contributed by atoms with E-state index in [0.29, 0.717) is 25.7 Å². The van der Waals surface area contributed by atoms with Crippen molar-refractivity contribution < 1.29 is 15.0 Å². The summed E-state index contributed by atoms with van der Waals surface area (Å²) >= 11 is 0. The minimum atomic E-state index is -0.425. The molecular formula is C8H16O3. The third-order valence-electron chi connectivity index (χ3n) is 1.53. The Hall–Kier alpha value is -0.410. The molecule has 2 N–H and O–H groups in total. The van der Waals surface area contributed by atoms with Gasteiger partial charge in [-0.1, -0.05) is 0 Å². The van der Waals surface area contributed by atoms with E-state index in [1.54, 1.807) is 0 Å². The first-order valence-electron chi connectivity index (χ1n) is 3.95. The van der Waals surface area contributed by atoms with Crippen molar-refractivity contribution in [2.45, 2.75) is 38.7 Å². The lowest BCUT2D eigenvalue weighted by Gasteiger charge is -2.06. The minimum Gasteiger partial charge on any atom is -0.396 e. The molecule has 11 heavy (non-hydrogen) atoms. The predicted octanol–water partition coefficient (Wildman–Crippen LogP) is 0.489. The number of Topliss-reactive ketones (excluding diaryl/α,β-unsaturated/α-hetero) is 1. The molecule has 1 unspecified atom stereocenters. The van der Waals surface area contributed by atoms with Crippen molar-refractivity contribution in [3.05, 3.63) is 0 Å². The molecule has 0 heterocycles. The molecule has 66 valence electrons. The summed E-state index contributed by atoms with van der Waals surface area (Å²) in [5.41, 5.74) is 0. The molecule has 0 aromatic heterocycles. The molecule has 0 aliphatic heterocycles. The van der Waals surface area contributed by atoms with Crippen LogP contribution in [0.25, 0.3) is 0 Å². The van der Waals surface area contributed by atoms with Gasteiger partial charge in [0.25, 0.3) is 0 Å². The number of rotatable bonds is 6. The maximum absolute atomic E-state index is 10.5. The van der Waals surface area contributed by atoms with Crippen molar-refractivity contribution in [3.63, 3.8) is 0 Å². The Balaban J connectivity index is 3.22. The molecule has 0 saturated heterocycles. The third kappa shape index (κ3) is 7.49. The zero-order chi connectivity index (χ0) is 8.69.